The molecule has 2 aliphatic heterocycles. The van der Waals surface area contributed by atoms with Gasteiger partial charge in [-0.3, -0.25) is 9.59 Å². The van der Waals surface area contributed by atoms with Crippen LogP contribution in [0.1, 0.15) is 44.1 Å². The Morgan fingerprint density at radius 3 is 2.87 bits per heavy atom. The lowest BCUT2D eigenvalue weighted by atomic mass is 10.0. The molecule has 0 aromatic heterocycles. The summed E-state index contributed by atoms with van der Waals surface area (Å²) in [6.45, 7) is 2.03. The highest BCUT2D eigenvalue weighted by molar-refractivity contribution is 6.04. The van der Waals surface area contributed by atoms with Gasteiger partial charge in [0.15, 0.2) is 0 Å². The number of halogens is 2. The molecule has 2 heterocycles. The van der Waals surface area contributed by atoms with Crippen molar-refractivity contribution in [3.05, 3.63) is 35.4 Å². The fourth-order valence-corrected chi connectivity index (χ4v) is 4.35. The maximum absolute atomic E-state index is 13.9. The smallest absolute Gasteiger partial charge is 0.264 e. The third kappa shape index (κ3) is 5.39. The number of amides is 2. The van der Waals surface area contributed by atoms with E-state index in [2.05, 4.69) is 10.5 Å². The van der Waals surface area contributed by atoms with Crippen LogP contribution >= 0.6 is 0 Å². The van der Waals surface area contributed by atoms with E-state index in [0.29, 0.717) is 38.8 Å². The van der Waals surface area contributed by atoms with Crippen molar-refractivity contribution in [1.82, 2.24) is 10.2 Å². The number of hydrogen-bond donors (Lipinski definition) is 1. The Hall–Kier alpha value is -2.55. The number of benzene rings is 1. The molecule has 2 fully saturated rings. The molecule has 7 nitrogen and oxygen atoms in total. The minimum Gasteiger partial charge on any atom is -0.382 e. The molecule has 1 aromatic carbocycles. The molecule has 3 aliphatic rings. The number of oxime groups is 1. The third-order valence-corrected chi connectivity index (χ3v) is 6.08. The second kappa shape index (κ2) is 9.72. The number of carbonyl (C=O) groups is 2. The predicted molar refractivity (Wildman–Crippen MR) is 108 cm³/mol. The molecule has 2 unspecified atom stereocenters. The van der Waals surface area contributed by atoms with Gasteiger partial charge in [-0.25, -0.2) is 8.78 Å². The van der Waals surface area contributed by atoms with Gasteiger partial charge in [0, 0.05) is 44.0 Å². The van der Waals surface area contributed by atoms with Crippen LogP contribution in [0.5, 0.6) is 0 Å². The van der Waals surface area contributed by atoms with E-state index in [1.54, 1.807) is 4.90 Å². The Morgan fingerprint density at radius 2 is 2.06 bits per heavy atom. The first kappa shape index (κ1) is 21.7. The molecule has 2 atom stereocenters. The summed E-state index contributed by atoms with van der Waals surface area (Å²) in [5, 5.41) is 6.54. The van der Waals surface area contributed by atoms with Crippen LogP contribution < -0.4 is 5.32 Å². The first-order valence-corrected chi connectivity index (χ1v) is 10.8. The Morgan fingerprint density at radius 1 is 1.26 bits per heavy atom. The Balaban J connectivity index is 1.19. The zero-order valence-corrected chi connectivity index (χ0v) is 17.3. The molecule has 0 spiro atoms. The first-order valence-electron chi connectivity index (χ1n) is 10.8. The van der Waals surface area contributed by atoms with Gasteiger partial charge in [-0.05, 0) is 31.0 Å². The average Bonchev–Trinajstić information content (AvgIpc) is 3.50. The quantitative estimate of drug-likeness (QED) is 0.680. The Kier molecular flexibility index (Phi) is 6.80. The van der Waals surface area contributed by atoms with Crippen molar-refractivity contribution in [3.8, 4) is 0 Å². The van der Waals surface area contributed by atoms with Gasteiger partial charge in [0.1, 0.15) is 11.6 Å². The van der Waals surface area contributed by atoms with E-state index in [0.717, 1.165) is 31.0 Å². The van der Waals surface area contributed by atoms with E-state index in [9.17, 15) is 18.4 Å². The van der Waals surface area contributed by atoms with Crippen LogP contribution in [-0.4, -0.2) is 60.9 Å². The molecule has 2 amide bonds. The zero-order valence-electron chi connectivity index (χ0n) is 17.3. The molecule has 1 aliphatic carbocycles. The van der Waals surface area contributed by atoms with Crippen molar-refractivity contribution in [2.45, 2.75) is 50.7 Å². The predicted octanol–water partition coefficient (Wildman–Crippen LogP) is 2.38. The summed E-state index contributed by atoms with van der Waals surface area (Å²) in [6, 6.07) is 3.07. The normalized spacial score (nSPS) is 23.9. The second-order valence-electron chi connectivity index (χ2n) is 8.39. The lowest BCUT2D eigenvalue weighted by molar-refractivity contribution is -0.131. The first-order chi connectivity index (χ1) is 15.0. The van der Waals surface area contributed by atoms with Crippen LogP contribution in [0.25, 0.3) is 0 Å². The second-order valence-corrected chi connectivity index (χ2v) is 8.39. The minimum absolute atomic E-state index is 0.00726. The van der Waals surface area contributed by atoms with Crippen molar-refractivity contribution >= 4 is 17.5 Å². The molecule has 0 bridgehead atoms. The number of carbonyl (C=O) groups excluding carboxylic acids is 2. The zero-order chi connectivity index (χ0) is 21.8. The summed E-state index contributed by atoms with van der Waals surface area (Å²) in [6.07, 6.45) is 4.49. The van der Waals surface area contributed by atoms with Crippen LogP contribution in [0.3, 0.4) is 0 Å². The maximum Gasteiger partial charge on any atom is 0.264 e. The van der Waals surface area contributed by atoms with Gasteiger partial charge >= 0.3 is 0 Å². The fourth-order valence-electron chi connectivity index (χ4n) is 4.35. The molecule has 0 radical (unpaired) electrons. The highest BCUT2D eigenvalue weighted by atomic mass is 19.1. The summed E-state index contributed by atoms with van der Waals surface area (Å²) >= 11 is 0. The topological polar surface area (TPSA) is 80.2 Å². The Labute approximate surface area is 179 Å². The molecule has 1 saturated carbocycles. The van der Waals surface area contributed by atoms with Crippen LogP contribution in [0.4, 0.5) is 8.78 Å². The molecule has 1 saturated heterocycles. The molecular weight excluding hydrogens is 408 g/mol. The average molecular weight is 435 g/mol. The van der Waals surface area contributed by atoms with E-state index >= 15 is 0 Å². The van der Waals surface area contributed by atoms with Crippen molar-refractivity contribution in [3.63, 3.8) is 0 Å². The van der Waals surface area contributed by atoms with Gasteiger partial charge in [-0.15, -0.1) is 0 Å². The Bertz CT molecular complexity index is 857. The SMILES string of the molecule is O=C(NCC1CC(=O)N(CCOC2CCCC2)C1)C1CC(c2cc(F)ccc2F)=NO1. The van der Waals surface area contributed by atoms with Crippen molar-refractivity contribution in [2.75, 3.05) is 26.2 Å². The largest absolute Gasteiger partial charge is 0.382 e. The lowest BCUT2D eigenvalue weighted by Gasteiger charge is -2.19. The number of ether oxygens (including phenoxy) is 1. The lowest BCUT2D eigenvalue weighted by Crippen LogP contribution is -2.38. The van der Waals surface area contributed by atoms with E-state index in [1.807, 2.05) is 0 Å². The number of nitrogens with one attached hydrogen (secondary N) is 1. The van der Waals surface area contributed by atoms with E-state index in [-0.39, 0.29) is 35.4 Å². The summed E-state index contributed by atoms with van der Waals surface area (Å²) in [5.74, 6) is -1.50. The van der Waals surface area contributed by atoms with Crippen molar-refractivity contribution < 1.29 is 27.9 Å². The van der Waals surface area contributed by atoms with Gasteiger partial charge < -0.3 is 19.8 Å². The fraction of sp³-hybridized carbons (Fsp3) is 0.591. The molecule has 9 heteroatoms. The van der Waals surface area contributed by atoms with E-state index in [1.165, 1.54) is 12.8 Å². The van der Waals surface area contributed by atoms with Crippen molar-refractivity contribution in [1.29, 1.82) is 0 Å². The number of likely N-dealkylation sites (tertiary alicyclic amines) is 1. The maximum atomic E-state index is 13.9. The summed E-state index contributed by atoms with van der Waals surface area (Å²) in [5.41, 5.74) is 0.189. The summed E-state index contributed by atoms with van der Waals surface area (Å²) < 4.78 is 33.1. The molecule has 1 N–H and O–H groups in total. The molecular formula is C22H27F2N3O4. The third-order valence-electron chi connectivity index (χ3n) is 6.08. The van der Waals surface area contributed by atoms with Gasteiger partial charge in [-0.2, -0.15) is 0 Å². The highest BCUT2D eigenvalue weighted by Crippen LogP contribution is 2.23. The van der Waals surface area contributed by atoms with Crippen LogP contribution in [0.15, 0.2) is 23.4 Å². The van der Waals surface area contributed by atoms with Crippen molar-refractivity contribution in [2.24, 2.45) is 11.1 Å². The monoisotopic (exact) mass is 435 g/mol. The highest BCUT2D eigenvalue weighted by Gasteiger charge is 2.33. The molecule has 1 aromatic rings. The van der Waals surface area contributed by atoms with Gasteiger partial charge in [-0.1, -0.05) is 18.0 Å². The summed E-state index contributed by atoms with van der Waals surface area (Å²) in [7, 11) is 0. The van der Waals surface area contributed by atoms with Crippen LogP contribution in [0, 0.1) is 17.6 Å². The summed E-state index contributed by atoms with van der Waals surface area (Å²) in [4.78, 5) is 31.5. The van der Waals surface area contributed by atoms with Crippen LogP contribution in [-0.2, 0) is 19.2 Å². The van der Waals surface area contributed by atoms with E-state index < -0.39 is 17.7 Å². The number of nitrogens with zero attached hydrogens (tertiary/aromatic N) is 2. The van der Waals surface area contributed by atoms with Gasteiger partial charge in [0.05, 0.1) is 18.4 Å². The molecule has 31 heavy (non-hydrogen) atoms. The van der Waals surface area contributed by atoms with Gasteiger partial charge in [0.25, 0.3) is 5.91 Å². The molecule has 168 valence electrons. The molecule has 4 rings (SSSR count). The van der Waals surface area contributed by atoms with Crippen LogP contribution in [0.2, 0.25) is 0 Å². The van der Waals surface area contributed by atoms with Gasteiger partial charge in [0.2, 0.25) is 12.0 Å². The van der Waals surface area contributed by atoms with E-state index in [4.69, 9.17) is 9.57 Å². The number of rotatable bonds is 8. The number of hydrogen-bond acceptors (Lipinski definition) is 5. The standard InChI is InChI=1S/C22H27F2N3O4/c23-15-5-6-18(24)17(10-15)19-11-20(31-26-19)22(29)25-12-14-9-21(28)27(13-14)7-8-30-16-3-1-2-4-16/h5-6,10,14,16,20H,1-4,7-9,11-13H2,(H,25,29). The minimum atomic E-state index is -0.898.